The van der Waals surface area contributed by atoms with Gasteiger partial charge in [0.05, 0.1) is 17.7 Å². The summed E-state index contributed by atoms with van der Waals surface area (Å²) in [5.41, 5.74) is 2.80. The number of aromatic hydroxyl groups is 1. The number of hydrogen-bond acceptors (Lipinski definition) is 7. The van der Waals surface area contributed by atoms with Crippen LogP contribution in [0.3, 0.4) is 0 Å². The second-order valence-electron chi connectivity index (χ2n) is 5.57. The molecule has 2 aromatic rings. The maximum atomic E-state index is 11.8. The number of phenolic OH excluding ortho intramolecular Hbond substituents is 1. The number of nitrogens with one attached hydrogen (secondary N) is 1. The molecule has 0 saturated heterocycles. The molecule has 0 radical (unpaired) electrons. The summed E-state index contributed by atoms with van der Waals surface area (Å²) >= 11 is 5.92. The minimum atomic E-state index is -0.740. The highest BCUT2D eigenvalue weighted by molar-refractivity contribution is 6.31. The van der Waals surface area contributed by atoms with Crippen LogP contribution in [0.15, 0.2) is 35.4 Å². The first-order valence-electron chi connectivity index (χ1n) is 8.16. The average Bonchev–Trinajstić information content (AvgIpc) is 2.65. The highest BCUT2D eigenvalue weighted by Gasteiger charge is 2.19. The quantitative estimate of drug-likeness (QED) is 0.393. The van der Waals surface area contributed by atoms with Crippen molar-refractivity contribution < 1.29 is 24.3 Å². The van der Waals surface area contributed by atoms with Gasteiger partial charge in [-0.15, -0.1) is 0 Å². The van der Waals surface area contributed by atoms with Gasteiger partial charge in [-0.25, -0.2) is 5.43 Å². The Morgan fingerprint density at radius 2 is 2.11 bits per heavy atom. The number of hydrazone groups is 1. The maximum Gasteiger partial charge on any atom is 0.315 e. The Labute approximate surface area is 165 Å². The second-order valence-corrected chi connectivity index (χ2v) is 5.98. The fourth-order valence-corrected chi connectivity index (χ4v) is 2.28. The first-order valence-corrected chi connectivity index (χ1v) is 8.54. The van der Waals surface area contributed by atoms with Crippen molar-refractivity contribution in [2.75, 3.05) is 13.2 Å². The van der Waals surface area contributed by atoms with Gasteiger partial charge in [-0.3, -0.25) is 14.9 Å². The number of ether oxygens (including phenoxy) is 2. The van der Waals surface area contributed by atoms with Crippen LogP contribution in [0.5, 0.6) is 17.2 Å². The van der Waals surface area contributed by atoms with Crippen molar-refractivity contribution in [3.05, 3.63) is 56.6 Å². The van der Waals surface area contributed by atoms with E-state index in [1.54, 1.807) is 25.1 Å². The highest BCUT2D eigenvalue weighted by atomic mass is 35.5. The molecule has 0 bridgehead atoms. The lowest BCUT2D eigenvalue weighted by atomic mass is 10.2. The van der Waals surface area contributed by atoms with Crippen LogP contribution in [0.4, 0.5) is 5.69 Å². The van der Waals surface area contributed by atoms with Gasteiger partial charge in [-0.2, -0.15) is 5.10 Å². The van der Waals surface area contributed by atoms with Gasteiger partial charge < -0.3 is 14.6 Å². The van der Waals surface area contributed by atoms with Gasteiger partial charge in [0.1, 0.15) is 5.75 Å². The van der Waals surface area contributed by atoms with Crippen molar-refractivity contribution >= 4 is 29.4 Å². The fourth-order valence-electron chi connectivity index (χ4n) is 2.16. The third-order valence-corrected chi connectivity index (χ3v) is 3.90. The summed E-state index contributed by atoms with van der Waals surface area (Å²) in [5.74, 6) is -0.663. The SMILES string of the molecule is CCOc1cc(/C=N/NC(=O)COc2ccc(Cl)c(C)c2)cc([N+](=O)[O-])c1O. The molecule has 2 aromatic carbocycles. The molecule has 0 saturated carbocycles. The molecule has 0 fully saturated rings. The largest absolute Gasteiger partial charge is 0.500 e. The Balaban J connectivity index is 2.00. The van der Waals surface area contributed by atoms with Crippen molar-refractivity contribution in [3.63, 3.8) is 0 Å². The molecule has 0 atom stereocenters. The van der Waals surface area contributed by atoms with Crippen LogP contribution in [0.1, 0.15) is 18.1 Å². The minimum Gasteiger partial charge on any atom is -0.500 e. The first-order chi connectivity index (χ1) is 13.3. The molecule has 0 aliphatic rings. The van der Waals surface area contributed by atoms with Crippen molar-refractivity contribution in [3.8, 4) is 17.2 Å². The zero-order valence-corrected chi connectivity index (χ0v) is 15.9. The molecular weight excluding hydrogens is 390 g/mol. The number of carbonyl (C=O) groups excluding carboxylic acids is 1. The van der Waals surface area contributed by atoms with Crippen LogP contribution in [-0.2, 0) is 4.79 Å². The third-order valence-electron chi connectivity index (χ3n) is 3.48. The van der Waals surface area contributed by atoms with E-state index in [9.17, 15) is 20.0 Å². The average molecular weight is 408 g/mol. The fraction of sp³-hybridized carbons (Fsp3) is 0.222. The van der Waals surface area contributed by atoms with Gasteiger partial charge in [-0.05, 0) is 43.7 Å². The van der Waals surface area contributed by atoms with Crippen LogP contribution in [0.2, 0.25) is 5.02 Å². The number of nitro groups is 1. The molecule has 0 aliphatic carbocycles. The van der Waals surface area contributed by atoms with Gasteiger partial charge in [-0.1, -0.05) is 11.6 Å². The zero-order chi connectivity index (χ0) is 20.7. The summed E-state index contributed by atoms with van der Waals surface area (Å²) in [5, 5.41) is 25.2. The first kappa shape index (κ1) is 21.0. The second kappa shape index (κ2) is 9.56. The summed E-state index contributed by atoms with van der Waals surface area (Å²) in [6, 6.07) is 7.48. The van der Waals surface area contributed by atoms with Gasteiger partial charge in [0.25, 0.3) is 5.91 Å². The number of nitro benzene ring substituents is 1. The topological polar surface area (TPSA) is 123 Å². The summed E-state index contributed by atoms with van der Waals surface area (Å²) in [4.78, 5) is 22.1. The molecule has 0 unspecified atom stereocenters. The molecule has 28 heavy (non-hydrogen) atoms. The number of aryl methyl sites for hydroxylation is 1. The summed E-state index contributed by atoms with van der Waals surface area (Å²) < 4.78 is 10.5. The standard InChI is InChI=1S/C18H18ClN3O6/c1-3-27-16-8-12(7-15(18(16)24)22(25)26)9-20-21-17(23)10-28-13-4-5-14(19)11(2)6-13/h4-9,24H,3,10H2,1-2H3,(H,21,23)/b20-9+. The molecule has 2 rings (SSSR count). The van der Waals surface area contributed by atoms with Crippen molar-refractivity contribution in [2.45, 2.75) is 13.8 Å². The van der Waals surface area contributed by atoms with E-state index in [0.29, 0.717) is 10.8 Å². The number of amides is 1. The normalized spacial score (nSPS) is 10.7. The third kappa shape index (κ3) is 5.58. The summed E-state index contributed by atoms with van der Waals surface area (Å²) in [7, 11) is 0. The number of halogens is 1. The minimum absolute atomic E-state index is 0.0501. The molecule has 0 aromatic heterocycles. The van der Waals surface area contributed by atoms with Crippen molar-refractivity contribution in [1.29, 1.82) is 0 Å². The van der Waals surface area contributed by atoms with E-state index in [1.807, 2.05) is 6.92 Å². The van der Waals surface area contributed by atoms with Gasteiger partial charge >= 0.3 is 5.69 Å². The van der Waals surface area contributed by atoms with Gasteiger partial charge in [0.2, 0.25) is 5.75 Å². The predicted molar refractivity (Wildman–Crippen MR) is 103 cm³/mol. The molecule has 1 amide bonds. The number of phenols is 1. The Hall–Kier alpha value is -3.33. The van der Waals surface area contributed by atoms with Crippen LogP contribution in [0.25, 0.3) is 0 Å². The van der Waals surface area contributed by atoms with E-state index in [-0.39, 0.29) is 24.5 Å². The molecule has 9 nitrogen and oxygen atoms in total. The molecule has 0 heterocycles. The van der Waals surface area contributed by atoms with E-state index < -0.39 is 22.3 Å². The summed E-state index contributed by atoms with van der Waals surface area (Å²) in [6.07, 6.45) is 1.19. The molecule has 0 aliphatic heterocycles. The van der Waals surface area contributed by atoms with Crippen LogP contribution in [-0.4, -0.2) is 35.4 Å². The maximum absolute atomic E-state index is 11.8. The smallest absolute Gasteiger partial charge is 0.315 e. The van der Waals surface area contributed by atoms with Gasteiger partial charge in [0.15, 0.2) is 12.4 Å². The number of benzene rings is 2. The molecule has 148 valence electrons. The summed E-state index contributed by atoms with van der Waals surface area (Å²) in [6.45, 7) is 3.42. The zero-order valence-electron chi connectivity index (χ0n) is 15.1. The molecule has 0 spiro atoms. The van der Waals surface area contributed by atoms with Gasteiger partial charge in [0, 0.05) is 16.7 Å². The monoisotopic (exact) mass is 407 g/mol. The highest BCUT2D eigenvalue weighted by Crippen LogP contribution is 2.36. The Morgan fingerprint density at radius 3 is 2.75 bits per heavy atom. The Bertz CT molecular complexity index is 916. The molecular formula is C18H18ClN3O6. The van der Waals surface area contributed by atoms with E-state index in [1.165, 1.54) is 12.3 Å². The number of carbonyl (C=O) groups is 1. The predicted octanol–water partition coefficient (Wildman–Crippen LogP) is 3.19. The molecule has 10 heteroatoms. The van der Waals surface area contributed by atoms with E-state index in [4.69, 9.17) is 21.1 Å². The van der Waals surface area contributed by atoms with Crippen LogP contribution < -0.4 is 14.9 Å². The number of rotatable bonds is 8. The number of hydrogen-bond donors (Lipinski definition) is 2. The van der Waals surface area contributed by atoms with E-state index in [0.717, 1.165) is 11.6 Å². The van der Waals surface area contributed by atoms with Crippen molar-refractivity contribution in [2.24, 2.45) is 5.10 Å². The number of nitrogens with zero attached hydrogens (tertiary/aromatic N) is 2. The lowest BCUT2D eigenvalue weighted by Gasteiger charge is -2.07. The Morgan fingerprint density at radius 1 is 1.36 bits per heavy atom. The Kier molecular flexibility index (Phi) is 7.16. The van der Waals surface area contributed by atoms with E-state index in [2.05, 4.69) is 10.5 Å². The lowest BCUT2D eigenvalue weighted by Crippen LogP contribution is -2.24. The molecule has 2 N–H and O–H groups in total. The van der Waals surface area contributed by atoms with Crippen LogP contribution in [0, 0.1) is 17.0 Å². The lowest BCUT2D eigenvalue weighted by molar-refractivity contribution is -0.386. The van der Waals surface area contributed by atoms with Crippen LogP contribution >= 0.6 is 11.6 Å². The van der Waals surface area contributed by atoms with Crippen molar-refractivity contribution in [1.82, 2.24) is 5.43 Å². The van der Waals surface area contributed by atoms with E-state index >= 15 is 0 Å².